The summed E-state index contributed by atoms with van der Waals surface area (Å²) in [6, 6.07) is 5.80. The van der Waals surface area contributed by atoms with Crippen molar-refractivity contribution in [3.05, 3.63) is 35.5 Å². The normalized spacial score (nSPS) is 17.6. The molecule has 4 N–H and O–H groups in total. The zero-order valence-corrected chi connectivity index (χ0v) is 19.9. The van der Waals surface area contributed by atoms with Gasteiger partial charge in [-0.2, -0.15) is 0 Å². The maximum absolute atomic E-state index is 13.1. The van der Waals surface area contributed by atoms with Crippen LogP contribution in [0.2, 0.25) is 0 Å². The van der Waals surface area contributed by atoms with Gasteiger partial charge in [0.05, 0.1) is 11.9 Å². The molecule has 0 spiro atoms. The highest BCUT2D eigenvalue weighted by molar-refractivity contribution is 6.28. The lowest BCUT2D eigenvalue weighted by Gasteiger charge is -2.24. The molecule has 3 rings (SSSR count). The summed E-state index contributed by atoms with van der Waals surface area (Å²) in [5.74, 6) is -1.85. The zero-order chi connectivity index (χ0) is 24.1. The van der Waals surface area contributed by atoms with Crippen molar-refractivity contribution < 1.29 is 19.2 Å². The molecule has 1 aliphatic rings. The predicted molar refractivity (Wildman–Crippen MR) is 127 cm³/mol. The lowest BCUT2D eigenvalue weighted by atomic mass is 9.95. The fraction of sp³-hybridized carbons (Fsp3) is 0.500. The summed E-state index contributed by atoms with van der Waals surface area (Å²) in [6.07, 6.45) is 1.18. The van der Waals surface area contributed by atoms with E-state index in [2.05, 4.69) is 20.9 Å². The highest BCUT2D eigenvalue weighted by Crippen LogP contribution is 2.20. The van der Waals surface area contributed by atoms with Gasteiger partial charge in [0.25, 0.3) is 5.91 Å². The van der Waals surface area contributed by atoms with Crippen molar-refractivity contribution >= 4 is 46.0 Å². The number of carbonyl (C=O) groups excluding carboxylic acids is 4. The van der Waals surface area contributed by atoms with Crippen LogP contribution in [0.25, 0.3) is 10.9 Å². The van der Waals surface area contributed by atoms with Crippen molar-refractivity contribution in [1.82, 2.24) is 20.9 Å². The van der Waals surface area contributed by atoms with E-state index < -0.39 is 23.9 Å². The number of aromatic amines is 1. The number of aromatic nitrogens is 1. The Morgan fingerprint density at radius 1 is 1.18 bits per heavy atom. The number of amides is 3. The number of carbonyl (C=O) groups is 4. The van der Waals surface area contributed by atoms with E-state index in [1.54, 1.807) is 6.07 Å². The second kappa shape index (κ2) is 10.8. The SMILES string of the molecule is Cc1cccc2[nH]c(C(=O)N[C@@H](CC(C)C)C(=O)N[C@@H](C[C@@H]3CCNC3=O)C(=O)CCl)cc12. The molecule has 2 aromatic rings. The topological polar surface area (TPSA) is 120 Å². The molecule has 3 amide bonds. The lowest BCUT2D eigenvalue weighted by Crippen LogP contribution is -2.53. The maximum atomic E-state index is 13.1. The lowest BCUT2D eigenvalue weighted by molar-refractivity contribution is -0.129. The summed E-state index contributed by atoms with van der Waals surface area (Å²) in [7, 11) is 0. The Labute approximate surface area is 198 Å². The van der Waals surface area contributed by atoms with Gasteiger partial charge in [0.15, 0.2) is 5.78 Å². The largest absolute Gasteiger partial charge is 0.356 e. The number of halogens is 1. The zero-order valence-electron chi connectivity index (χ0n) is 19.2. The van der Waals surface area contributed by atoms with Crippen LogP contribution < -0.4 is 16.0 Å². The second-order valence-corrected chi connectivity index (χ2v) is 9.32. The number of nitrogens with one attached hydrogen (secondary N) is 4. The number of fused-ring (bicyclic) bond motifs is 1. The van der Waals surface area contributed by atoms with Gasteiger partial charge in [0, 0.05) is 23.4 Å². The fourth-order valence-electron chi connectivity index (χ4n) is 4.16. The average molecular weight is 475 g/mol. The third kappa shape index (κ3) is 6.13. The number of alkyl halides is 1. The molecule has 33 heavy (non-hydrogen) atoms. The van der Waals surface area contributed by atoms with Gasteiger partial charge in [-0.15, -0.1) is 11.6 Å². The van der Waals surface area contributed by atoms with E-state index in [0.29, 0.717) is 25.1 Å². The van der Waals surface area contributed by atoms with E-state index >= 15 is 0 Å². The number of hydrogen-bond donors (Lipinski definition) is 4. The van der Waals surface area contributed by atoms with Gasteiger partial charge >= 0.3 is 0 Å². The summed E-state index contributed by atoms with van der Waals surface area (Å²) in [5, 5.41) is 9.22. The fourth-order valence-corrected chi connectivity index (χ4v) is 4.34. The summed E-state index contributed by atoms with van der Waals surface area (Å²) >= 11 is 5.76. The molecule has 9 heteroatoms. The smallest absolute Gasteiger partial charge is 0.268 e. The summed E-state index contributed by atoms with van der Waals surface area (Å²) < 4.78 is 0. The molecular formula is C24H31ClN4O4. The van der Waals surface area contributed by atoms with Crippen molar-refractivity contribution in [2.24, 2.45) is 11.8 Å². The van der Waals surface area contributed by atoms with E-state index in [1.165, 1.54) is 0 Å². The van der Waals surface area contributed by atoms with Gasteiger partial charge in [0.1, 0.15) is 11.7 Å². The van der Waals surface area contributed by atoms with Gasteiger partial charge < -0.3 is 20.9 Å². The highest BCUT2D eigenvalue weighted by atomic mass is 35.5. The molecule has 2 heterocycles. The first kappa shape index (κ1) is 24.8. The summed E-state index contributed by atoms with van der Waals surface area (Å²) in [4.78, 5) is 53.5. The van der Waals surface area contributed by atoms with Crippen LogP contribution in [-0.4, -0.2) is 53.0 Å². The van der Waals surface area contributed by atoms with E-state index in [9.17, 15) is 19.2 Å². The Morgan fingerprint density at radius 3 is 2.55 bits per heavy atom. The molecule has 1 aromatic heterocycles. The van der Waals surface area contributed by atoms with E-state index in [1.807, 2.05) is 39.0 Å². The minimum absolute atomic E-state index is 0.119. The molecule has 1 aliphatic heterocycles. The number of benzene rings is 1. The van der Waals surface area contributed by atoms with Gasteiger partial charge in [-0.3, -0.25) is 19.2 Å². The van der Waals surface area contributed by atoms with Crippen LogP contribution in [0, 0.1) is 18.8 Å². The first-order chi connectivity index (χ1) is 15.7. The number of hydrogen-bond acceptors (Lipinski definition) is 4. The Morgan fingerprint density at radius 2 is 1.94 bits per heavy atom. The second-order valence-electron chi connectivity index (χ2n) is 9.05. The number of rotatable bonds is 10. The molecule has 3 atom stereocenters. The third-order valence-electron chi connectivity index (χ3n) is 5.98. The molecule has 178 valence electrons. The molecule has 0 radical (unpaired) electrons. The van der Waals surface area contributed by atoms with E-state index in [0.717, 1.165) is 16.5 Å². The van der Waals surface area contributed by atoms with Gasteiger partial charge in [-0.1, -0.05) is 26.0 Å². The van der Waals surface area contributed by atoms with Crippen LogP contribution >= 0.6 is 11.6 Å². The minimum Gasteiger partial charge on any atom is -0.356 e. The van der Waals surface area contributed by atoms with Crippen LogP contribution in [-0.2, 0) is 14.4 Å². The maximum Gasteiger partial charge on any atom is 0.268 e. The number of aryl methyl sites for hydroxylation is 1. The van der Waals surface area contributed by atoms with Crippen molar-refractivity contribution in [2.75, 3.05) is 12.4 Å². The molecule has 0 unspecified atom stereocenters. The summed E-state index contributed by atoms with van der Waals surface area (Å²) in [5.41, 5.74) is 2.24. The Hall–Kier alpha value is -2.87. The van der Waals surface area contributed by atoms with Crippen LogP contribution in [0.4, 0.5) is 0 Å². The molecular weight excluding hydrogens is 444 g/mol. The molecule has 1 aromatic carbocycles. The molecule has 1 fully saturated rings. The van der Waals surface area contributed by atoms with Crippen molar-refractivity contribution in [1.29, 1.82) is 0 Å². The van der Waals surface area contributed by atoms with E-state index in [-0.39, 0.29) is 35.8 Å². The standard InChI is InChI=1S/C24H31ClN4O4/c1-13(2)9-19(29-24(33)20-11-16-14(3)5-4-6-17(16)27-20)23(32)28-18(21(30)12-25)10-15-7-8-26-22(15)31/h4-6,11,13,15,18-19,27H,7-10,12H2,1-3H3,(H,26,31)(H,28,32)(H,29,33)/t15-,18-,19-/m0/s1. The van der Waals surface area contributed by atoms with E-state index in [4.69, 9.17) is 11.6 Å². The molecule has 1 saturated heterocycles. The molecule has 0 aliphatic carbocycles. The van der Waals surface area contributed by atoms with Crippen molar-refractivity contribution in [2.45, 2.75) is 52.1 Å². The number of H-pyrrole nitrogens is 1. The van der Waals surface area contributed by atoms with Gasteiger partial charge in [-0.05, 0) is 49.8 Å². The Kier molecular flexibility index (Phi) is 8.13. The first-order valence-corrected chi connectivity index (χ1v) is 11.8. The quantitative estimate of drug-likeness (QED) is 0.395. The minimum atomic E-state index is -0.883. The van der Waals surface area contributed by atoms with Crippen LogP contribution in [0.1, 0.15) is 49.2 Å². The van der Waals surface area contributed by atoms with Gasteiger partial charge in [0.2, 0.25) is 11.8 Å². The third-order valence-corrected chi connectivity index (χ3v) is 6.24. The van der Waals surface area contributed by atoms with Crippen molar-refractivity contribution in [3.8, 4) is 0 Å². The van der Waals surface area contributed by atoms with Crippen LogP contribution in [0.15, 0.2) is 24.3 Å². The van der Waals surface area contributed by atoms with Gasteiger partial charge in [-0.25, -0.2) is 0 Å². The molecule has 0 bridgehead atoms. The monoisotopic (exact) mass is 474 g/mol. The summed E-state index contributed by atoms with van der Waals surface area (Å²) in [6.45, 7) is 6.41. The Balaban J connectivity index is 1.74. The highest BCUT2D eigenvalue weighted by Gasteiger charge is 2.33. The molecule has 8 nitrogen and oxygen atoms in total. The number of ketones is 1. The predicted octanol–water partition coefficient (Wildman–Crippen LogP) is 2.44. The average Bonchev–Trinajstić information content (AvgIpc) is 3.39. The van der Waals surface area contributed by atoms with Crippen LogP contribution in [0.3, 0.4) is 0 Å². The first-order valence-electron chi connectivity index (χ1n) is 11.3. The van der Waals surface area contributed by atoms with Crippen LogP contribution in [0.5, 0.6) is 0 Å². The molecule has 0 saturated carbocycles. The number of Topliss-reactive ketones (excluding diaryl/α,β-unsaturated/α-hetero) is 1. The Bertz CT molecular complexity index is 1050. The van der Waals surface area contributed by atoms with Crippen molar-refractivity contribution in [3.63, 3.8) is 0 Å².